The Morgan fingerprint density at radius 2 is 1.62 bits per heavy atom. The largest absolute Gasteiger partial charge is 0.318 e. The second kappa shape index (κ2) is 11.0. The first-order valence-electron chi connectivity index (χ1n) is 11.6. The summed E-state index contributed by atoms with van der Waals surface area (Å²) in [6.07, 6.45) is 1.56. The van der Waals surface area contributed by atoms with Crippen molar-refractivity contribution in [2.24, 2.45) is 5.10 Å². The summed E-state index contributed by atoms with van der Waals surface area (Å²) in [6, 6.07) is 24.8. The summed E-state index contributed by atoms with van der Waals surface area (Å²) in [5, 5.41) is 4.47. The second-order valence-corrected chi connectivity index (χ2v) is 10.8. The number of nitrogens with zero attached hydrogens (tertiary/aromatic N) is 3. The highest BCUT2D eigenvalue weighted by Crippen LogP contribution is 2.29. The molecule has 1 heterocycles. The number of anilines is 1. The third kappa shape index (κ3) is 5.76. The average molecular weight is 535 g/mol. The number of sulfonamides is 1. The van der Waals surface area contributed by atoms with E-state index in [0.29, 0.717) is 16.3 Å². The Balaban J connectivity index is 1.58. The van der Waals surface area contributed by atoms with Gasteiger partial charge in [-0.05, 0) is 68.8 Å². The van der Waals surface area contributed by atoms with Gasteiger partial charge in [-0.25, -0.2) is 13.8 Å². The lowest BCUT2D eigenvalue weighted by atomic mass is 10.2. The highest BCUT2D eigenvalue weighted by atomic mass is 35.5. The number of benzene rings is 3. The minimum Gasteiger partial charge on any atom is -0.318 e. The van der Waals surface area contributed by atoms with Gasteiger partial charge in [0.15, 0.2) is 0 Å². The smallest absolute Gasteiger partial charge is 0.264 e. The van der Waals surface area contributed by atoms with Gasteiger partial charge < -0.3 is 4.57 Å². The van der Waals surface area contributed by atoms with E-state index in [1.807, 2.05) is 50.2 Å². The van der Waals surface area contributed by atoms with Crippen molar-refractivity contribution < 1.29 is 13.2 Å². The lowest BCUT2D eigenvalue weighted by Crippen LogP contribution is -2.40. The van der Waals surface area contributed by atoms with Gasteiger partial charge in [0.05, 0.1) is 16.8 Å². The maximum Gasteiger partial charge on any atom is 0.264 e. The molecule has 1 aromatic heterocycles. The van der Waals surface area contributed by atoms with Crippen LogP contribution in [0, 0.1) is 20.8 Å². The van der Waals surface area contributed by atoms with Crippen molar-refractivity contribution >= 4 is 39.4 Å². The van der Waals surface area contributed by atoms with Crippen LogP contribution in [0.4, 0.5) is 5.69 Å². The van der Waals surface area contributed by atoms with E-state index in [1.54, 1.807) is 43.5 Å². The summed E-state index contributed by atoms with van der Waals surface area (Å²) >= 11 is 6.17. The van der Waals surface area contributed by atoms with E-state index in [9.17, 15) is 13.2 Å². The number of carbonyl (C=O) groups is 1. The number of rotatable bonds is 8. The Hall–Kier alpha value is -3.88. The van der Waals surface area contributed by atoms with E-state index in [0.717, 1.165) is 26.9 Å². The first-order chi connectivity index (χ1) is 17.7. The first-order valence-corrected chi connectivity index (χ1v) is 13.4. The van der Waals surface area contributed by atoms with Crippen LogP contribution in [-0.2, 0) is 14.8 Å². The van der Waals surface area contributed by atoms with Gasteiger partial charge in [0.2, 0.25) is 0 Å². The number of hydrazone groups is 1. The average Bonchev–Trinajstić information content (AvgIpc) is 3.17. The lowest BCUT2D eigenvalue weighted by Gasteiger charge is -2.25. The Morgan fingerprint density at radius 1 is 0.973 bits per heavy atom. The fourth-order valence-corrected chi connectivity index (χ4v) is 5.77. The molecule has 0 aliphatic carbocycles. The zero-order chi connectivity index (χ0) is 26.6. The molecule has 190 valence electrons. The lowest BCUT2D eigenvalue weighted by molar-refractivity contribution is -0.119. The molecule has 37 heavy (non-hydrogen) atoms. The van der Waals surface area contributed by atoms with Gasteiger partial charge in [-0.1, -0.05) is 54.1 Å². The monoisotopic (exact) mass is 534 g/mol. The van der Waals surface area contributed by atoms with Crippen LogP contribution in [0.5, 0.6) is 0 Å². The van der Waals surface area contributed by atoms with E-state index in [1.165, 1.54) is 18.2 Å². The van der Waals surface area contributed by atoms with Gasteiger partial charge in [0, 0.05) is 27.7 Å². The van der Waals surface area contributed by atoms with E-state index < -0.39 is 22.5 Å². The second-order valence-electron chi connectivity index (χ2n) is 8.55. The summed E-state index contributed by atoms with van der Waals surface area (Å²) < 4.78 is 30.2. The fourth-order valence-electron chi connectivity index (χ4n) is 4.10. The molecule has 1 N–H and O–H groups in total. The molecule has 0 saturated heterocycles. The van der Waals surface area contributed by atoms with E-state index in [-0.39, 0.29) is 4.90 Å². The number of halogens is 1. The Kier molecular flexibility index (Phi) is 7.80. The summed E-state index contributed by atoms with van der Waals surface area (Å²) in [5.74, 6) is -0.591. The zero-order valence-electron chi connectivity index (χ0n) is 20.7. The molecule has 4 aromatic rings. The van der Waals surface area contributed by atoms with Crippen molar-refractivity contribution in [2.75, 3.05) is 10.8 Å². The van der Waals surface area contributed by atoms with Crippen LogP contribution in [0.15, 0.2) is 94.9 Å². The molecular formula is C28H27ClN4O3S. The van der Waals surface area contributed by atoms with E-state index in [4.69, 9.17) is 11.6 Å². The first kappa shape index (κ1) is 26.2. The number of hydrogen-bond acceptors (Lipinski definition) is 4. The molecule has 0 spiro atoms. The number of aryl methyl sites for hydroxylation is 2. The van der Waals surface area contributed by atoms with Crippen molar-refractivity contribution in [3.05, 3.63) is 112 Å². The molecule has 9 heteroatoms. The zero-order valence-corrected chi connectivity index (χ0v) is 22.3. The van der Waals surface area contributed by atoms with Crippen molar-refractivity contribution in [1.82, 2.24) is 9.99 Å². The van der Waals surface area contributed by atoms with Crippen molar-refractivity contribution in [3.8, 4) is 5.69 Å². The van der Waals surface area contributed by atoms with Crippen molar-refractivity contribution in [1.29, 1.82) is 0 Å². The van der Waals surface area contributed by atoms with Gasteiger partial charge in [0.25, 0.3) is 15.9 Å². The SMILES string of the molecule is Cc1ccc(Cl)cc1N(CC(=O)N/N=C\c1cc(C)n(-c2ccccc2)c1C)S(=O)(=O)c1ccccc1. The van der Waals surface area contributed by atoms with Crippen LogP contribution in [-0.4, -0.2) is 31.7 Å². The van der Waals surface area contributed by atoms with Crippen LogP contribution in [0.2, 0.25) is 5.02 Å². The maximum atomic E-state index is 13.5. The number of nitrogens with one attached hydrogen (secondary N) is 1. The molecule has 0 saturated carbocycles. The predicted octanol–water partition coefficient (Wildman–Crippen LogP) is 5.40. The summed E-state index contributed by atoms with van der Waals surface area (Å²) in [6.45, 7) is 5.26. The number of carbonyl (C=O) groups excluding carboxylic acids is 1. The third-order valence-electron chi connectivity index (χ3n) is 5.94. The standard InChI is InChI=1S/C28H27ClN4O3S/c1-20-14-15-24(29)17-27(20)32(37(35,36)26-12-8-5-9-13-26)19-28(34)31-30-18-23-16-21(2)33(22(23)3)25-10-6-4-7-11-25/h4-18H,19H2,1-3H3,(H,31,34)/b30-18-. The molecule has 0 atom stereocenters. The molecule has 4 rings (SSSR count). The van der Waals surface area contributed by atoms with Crippen molar-refractivity contribution in [2.45, 2.75) is 25.7 Å². The maximum absolute atomic E-state index is 13.5. The molecule has 7 nitrogen and oxygen atoms in total. The van der Waals surface area contributed by atoms with E-state index >= 15 is 0 Å². The van der Waals surface area contributed by atoms with Crippen LogP contribution < -0.4 is 9.73 Å². The minimum atomic E-state index is -4.05. The fraction of sp³-hybridized carbons (Fsp3) is 0.143. The van der Waals surface area contributed by atoms with Gasteiger partial charge in [-0.2, -0.15) is 5.10 Å². The number of hydrogen-bond donors (Lipinski definition) is 1. The minimum absolute atomic E-state index is 0.0685. The molecule has 0 unspecified atom stereocenters. The quantitative estimate of drug-likeness (QED) is 0.242. The Labute approximate surface area is 222 Å². The normalized spacial score (nSPS) is 11.6. The molecule has 0 aliphatic rings. The van der Waals surface area contributed by atoms with Crippen LogP contribution in [0.25, 0.3) is 5.69 Å². The number of aromatic nitrogens is 1. The predicted molar refractivity (Wildman–Crippen MR) is 148 cm³/mol. The topological polar surface area (TPSA) is 83.8 Å². The van der Waals surface area contributed by atoms with Gasteiger partial charge in [0.1, 0.15) is 6.54 Å². The number of amides is 1. The summed E-state index contributed by atoms with van der Waals surface area (Å²) in [4.78, 5) is 13.0. The third-order valence-corrected chi connectivity index (χ3v) is 7.94. The number of para-hydroxylation sites is 1. The summed E-state index contributed by atoms with van der Waals surface area (Å²) in [7, 11) is -4.05. The van der Waals surface area contributed by atoms with Gasteiger partial charge in [-0.15, -0.1) is 0 Å². The van der Waals surface area contributed by atoms with Gasteiger partial charge >= 0.3 is 0 Å². The molecule has 1 amide bonds. The summed E-state index contributed by atoms with van der Waals surface area (Å²) in [5.41, 5.74) is 7.29. The molecule has 0 fully saturated rings. The Bertz CT molecular complexity index is 1550. The molecule has 0 aliphatic heterocycles. The molecule has 0 radical (unpaired) electrons. The van der Waals surface area contributed by atoms with Crippen LogP contribution in [0.1, 0.15) is 22.5 Å². The van der Waals surface area contributed by atoms with E-state index in [2.05, 4.69) is 15.1 Å². The van der Waals surface area contributed by atoms with Crippen molar-refractivity contribution in [3.63, 3.8) is 0 Å². The van der Waals surface area contributed by atoms with Gasteiger partial charge in [-0.3, -0.25) is 9.10 Å². The molecular weight excluding hydrogens is 508 g/mol. The van der Waals surface area contributed by atoms with Crippen LogP contribution in [0.3, 0.4) is 0 Å². The highest BCUT2D eigenvalue weighted by Gasteiger charge is 2.28. The molecule has 0 bridgehead atoms. The molecule has 3 aromatic carbocycles. The van der Waals surface area contributed by atoms with Crippen LogP contribution >= 0.6 is 11.6 Å². The Morgan fingerprint density at radius 3 is 2.30 bits per heavy atom. The highest BCUT2D eigenvalue weighted by molar-refractivity contribution is 7.92.